The van der Waals surface area contributed by atoms with Gasteiger partial charge in [-0.05, 0) is 5.75 Å². The average molecular weight is 224 g/mol. The van der Waals surface area contributed by atoms with Crippen LogP contribution in [0, 0.1) is 0 Å². The van der Waals surface area contributed by atoms with Crippen molar-refractivity contribution >= 4 is 11.8 Å². The molecule has 82 valence electrons. The van der Waals surface area contributed by atoms with Gasteiger partial charge >= 0.3 is 0 Å². The second kappa shape index (κ2) is 8.11. The van der Waals surface area contributed by atoms with Gasteiger partial charge in [0.2, 0.25) is 0 Å². The van der Waals surface area contributed by atoms with Crippen LogP contribution in [0.1, 0.15) is 6.92 Å². The Morgan fingerprint density at radius 3 is 2.73 bits per heavy atom. The molecule has 0 saturated heterocycles. The number of thioether (sulfide) groups is 1. The molecule has 0 bridgehead atoms. The highest BCUT2D eigenvalue weighted by atomic mass is 32.2. The molecule has 0 aliphatic rings. The summed E-state index contributed by atoms with van der Waals surface area (Å²) in [5.41, 5.74) is 0. The molecule has 0 fully saturated rings. The molecule has 0 aliphatic heterocycles. The lowest BCUT2D eigenvalue weighted by molar-refractivity contribution is 0.770. The number of hydrogen-bond acceptors (Lipinski definition) is 3. The lowest BCUT2D eigenvalue weighted by Crippen LogP contribution is -1.96. The molecule has 0 saturated carbocycles. The van der Waals surface area contributed by atoms with Gasteiger partial charge < -0.3 is 9.55 Å². The van der Waals surface area contributed by atoms with Crippen LogP contribution in [-0.2, 0) is 6.54 Å². The standard InChI is InChI=1S/C7H12N2S.C3H4N2/c1-2-10-6-5-9-4-3-8-7-9;1-2-5-3-4-1/h3-4,7H,2,5-6H2,1H3;1-3H,(H,4,5). The van der Waals surface area contributed by atoms with Gasteiger partial charge in [0.15, 0.2) is 0 Å². The van der Waals surface area contributed by atoms with Gasteiger partial charge in [-0.2, -0.15) is 11.8 Å². The summed E-state index contributed by atoms with van der Waals surface area (Å²) in [6.45, 7) is 3.26. The Morgan fingerprint density at radius 1 is 1.33 bits per heavy atom. The van der Waals surface area contributed by atoms with Gasteiger partial charge in [0.25, 0.3) is 0 Å². The number of aromatic amines is 1. The van der Waals surface area contributed by atoms with E-state index in [1.165, 1.54) is 11.5 Å². The first-order valence-corrected chi connectivity index (χ1v) is 6.05. The number of rotatable bonds is 4. The van der Waals surface area contributed by atoms with Crippen LogP contribution in [0.25, 0.3) is 0 Å². The SMILES string of the molecule is CCSCCn1ccnc1.c1c[nH]cn1. The first-order valence-electron chi connectivity index (χ1n) is 4.89. The lowest BCUT2D eigenvalue weighted by Gasteiger charge is -1.98. The summed E-state index contributed by atoms with van der Waals surface area (Å²) in [7, 11) is 0. The lowest BCUT2D eigenvalue weighted by atomic mass is 10.7. The fourth-order valence-electron chi connectivity index (χ4n) is 0.948. The molecule has 0 aromatic carbocycles. The summed E-state index contributed by atoms with van der Waals surface area (Å²) in [5, 5.41) is 0. The molecule has 0 spiro atoms. The molecule has 4 nitrogen and oxygen atoms in total. The molecule has 2 heterocycles. The Kier molecular flexibility index (Phi) is 6.40. The van der Waals surface area contributed by atoms with E-state index < -0.39 is 0 Å². The minimum absolute atomic E-state index is 1.08. The van der Waals surface area contributed by atoms with E-state index in [9.17, 15) is 0 Å². The number of nitrogens with one attached hydrogen (secondary N) is 1. The van der Waals surface area contributed by atoms with Crippen LogP contribution in [0.4, 0.5) is 0 Å². The molecule has 0 radical (unpaired) electrons. The van der Waals surface area contributed by atoms with E-state index in [0.717, 1.165) is 6.54 Å². The number of aryl methyl sites for hydroxylation is 1. The zero-order valence-electron chi connectivity index (χ0n) is 8.84. The molecule has 1 N–H and O–H groups in total. The molecule has 2 rings (SSSR count). The normalized spacial score (nSPS) is 9.40. The summed E-state index contributed by atoms with van der Waals surface area (Å²) in [4.78, 5) is 10.4. The molecule has 0 unspecified atom stereocenters. The van der Waals surface area contributed by atoms with Gasteiger partial charge in [-0.15, -0.1) is 0 Å². The van der Waals surface area contributed by atoms with Crippen molar-refractivity contribution in [2.75, 3.05) is 11.5 Å². The molecule has 0 amide bonds. The first kappa shape index (κ1) is 11.8. The Hall–Kier alpha value is -1.23. The van der Waals surface area contributed by atoms with Crippen LogP contribution >= 0.6 is 11.8 Å². The Morgan fingerprint density at radius 2 is 2.27 bits per heavy atom. The zero-order valence-corrected chi connectivity index (χ0v) is 9.65. The van der Waals surface area contributed by atoms with E-state index in [4.69, 9.17) is 0 Å². The minimum atomic E-state index is 1.08. The Balaban J connectivity index is 0.000000187. The quantitative estimate of drug-likeness (QED) is 0.808. The van der Waals surface area contributed by atoms with Crippen LogP contribution in [0.3, 0.4) is 0 Å². The zero-order chi connectivity index (χ0) is 10.8. The monoisotopic (exact) mass is 224 g/mol. The average Bonchev–Trinajstić information content (AvgIpc) is 2.94. The third-order valence-corrected chi connectivity index (χ3v) is 2.54. The Bertz CT molecular complexity index is 287. The van der Waals surface area contributed by atoms with Crippen LogP contribution < -0.4 is 0 Å². The van der Waals surface area contributed by atoms with Crippen molar-refractivity contribution in [2.24, 2.45) is 0 Å². The fraction of sp³-hybridized carbons (Fsp3) is 0.400. The predicted octanol–water partition coefficient (Wildman–Crippen LogP) is 2.05. The maximum absolute atomic E-state index is 3.95. The molecule has 15 heavy (non-hydrogen) atoms. The molecule has 0 atom stereocenters. The maximum Gasteiger partial charge on any atom is 0.0946 e. The third kappa shape index (κ3) is 5.96. The van der Waals surface area contributed by atoms with Crippen LogP contribution in [0.15, 0.2) is 37.4 Å². The van der Waals surface area contributed by atoms with Crippen molar-refractivity contribution in [3.05, 3.63) is 37.4 Å². The van der Waals surface area contributed by atoms with E-state index in [-0.39, 0.29) is 0 Å². The largest absolute Gasteiger partial charge is 0.351 e. The van der Waals surface area contributed by atoms with Gasteiger partial charge in [-0.1, -0.05) is 6.92 Å². The van der Waals surface area contributed by atoms with Gasteiger partial charge in [0.05, 0.1) is 12.7 Å². The topological polar surface area (TPSA) is 46.5 Å². The molecular weight excluding hydrogens is 208 g/mol. The molecular formula is C10H16N4S. The predicted molar refractivity (Wildman–Crippen MR) is 63.8 cm³/mol. The number of H-pyrrole nitrogens is 1. The summed E-state index contributed by atoms with van der Waals surface area (Å²) < 4.78 is 2.10. The Labute approximate surface area is 94.1 Å². The van der Waals surface area contributed by atoms with Crippen LogP contribution in [-0.4, -0.2) is 31.0 Å². The van der Waals surface area contributed by atoms with Crippen molar-refractivity contribution in [3.8, 4) is 0 Å². The smallest absolute Gasteiger partial charge is 0.0946 e. The van der Waals surface area contributed by atoms with Crippen molar-refractivity contribution in [2.45, 2.75) is 13.5 Å². The number of nitrogens with zero attached hydrogens (tertiary/aromatic N) is 3. The number of aromatic nitrogens is 4. The molecule has 2 aromatic rings. The molecule has 5 heteroatoms. The van der Waals surface area contributed by atoms with Gasteiger partial charge in [-0.25, -0.2) is 9.97 Å². The van der Waals surface area contributed by atoms with Crippen molar-refractivity contribution in [1.82, 2.24) is 19.5 Å². The first-order chi connectivity index (χ1) is 7.43. The van der Waals surface area contributed by atoms with E-state index in [0.29, 0.717) is 0 Å². The summed E-state index contributed by atoms with van der Waals surface area (Å²) in [6.07, 6.45) is 10.8. The molecule has 0 aliphatic carbocycles. The summed E-state index contributed by atoms with van der Waals surface area (Å²) in [6, 6.07) is 0. The third-order valence-electron chi connectivity index (χ3n) is 1.66. The second-order valence-electron chi connectivity index (χ2n) is 2.76. The summed E-state index contributed by atoms with van der Waals surface area (Å²) >= 11 is 1.96. The van der Waals surface area contributed by atoms with E-state index in [1.807, 2.05) is 30.5 Å². The van der Waals surface area contributed by atoms with E-state index >= 15 is 0 Å². The highest BCUT2D eigenvalue weighted by Crippen LogP contribution is 1.99. The van der Waals surface area contributed by atoms with Crippen LogP contribution in [0.5, 0.6) is 0 Å². The maximum atomic E-state index is 3.95. The molecule has 2 aromatic heterocycles. The van der Waals surface area contributed by atoms with Crippen molar-refractivity contribution in [1.29, 1.82) is 0 Å². The van der Waals surface area contributed by atoms with E-state index in [1.54, 1.807) is 18.7 Å². The highest BCUT2D eigenvalue weighted by Gasteiger charge is 1.87. The minimum Gasteiger partial charge on any atom is -0.351 e. The number of hydrogen-bond donors (Lipinski definition) is 1. The van der Waals surface area contributed by atoms with E-state index in [2.05, 4.69) is 26.4 Å². The van der Waals surface area contributed by atoms with Gasteiger partial charge in [0.1, 0.15) is 0 Å². The van der Waals surface area contributed by atoms with Crippen molar-refractivity contribution in [3.63, 3.8) is 0 Å². The van der Waals surface area contributed by atoms with Crippen molar-refractivity contribution < 1.29 is 0 Å². The van der Waals surface area contributed by atoms with Gasteiger partial charge in [-0.3, -0.25) is 0 Å². The highest BCUT2D eigenvalue weighted by molar-refractivity contribution is 7.99. The van der Waals surface area contributed by atoms with Gasteiger partial charge in [0, 0.05) is 37.1 Å². The van der Waals surface area contributed by atoms with Crippen LogP contribution in [0.2, 0.25) is 0 Å². The fourth-order valence-corrected chi connectivity index (χ4v) is 1.58. The summed E-state index contributed by atoms with van der Waals surface area (Å²) in [5.74, 6) is 2.39. The second-order valence-corrected chi connectivity index (χ2v) is 4.15. The number of imidazole rings is 2.